The van der Waals surface area contributed by atoms with Crippen LogP contribution < -0.4 is 10.2 Å². The monoisotopic (exact) mass is 339 g/mol. The number of nitrogens with one attached hydrogen (secondary N) is 1. The van der Waals surface area contributed by atoms with Gasteiger partial charge in [-0.05, 0) is 67.6 Å². The van der Waals surface area contributed by atoms with Crippen LogP contribution in [0.3, 0.4) is 0 Å². The van der Waals surface area contributed by atoms with Crippen LogP contribution in [0, 0.1) is 10.1 Å². The molecule has 25 heavy (non-hydrogen) atoms. The fourth-order valence-electron chi connectivity index (χ4n) is 2.85. The number of hydrogen-bond donors (Lipinski definition) is 1. The highest BCUT2D eigenvalue weighted by Crippen LogP contribution is 2.23. The average Bonchev–Trinajstić information content (AvgIpc) is 2.64. The van der Waals surface area contributed by atoms with Gasteiger partial charge < -0.3 is 4.74 Å². The lowest BCUT2D eigenvalue weighted by molar-refractivity contribution is -0.384. The van der Waals surface area contributed by atoms with E-state index in [9.17, 15) is 10.1 Å². The second-order valence-corrected chi connectivity index (χ2v) is 6.12. The maximum absolute atomic E-state index is 10.6. The number of anilines is 1. The fraction of sp³-hybridized carbons (Fsp3) is 0.316. The van der Waals surface area contributed by atoms with Crippen molar-refractivity contribution in [3.8, 4) is 5.75 Å². The molecule has 130 valence electrons. The third kappa shape index (κ3) is 5.04. The van der Waals surface area contributed by atoms with Gasteiger partial charge >= 0.3 is 0 Å². The molecule has 1 aliphatic rings. The molecule has 1 aliphatic carbocycles. The lowest BCUT2D eigenvalue weighted by atomic mass is 9.98. The van der Waals surface area contributed by atoms with Crippen molar-refractivity contribution in [3.63, 3.8) is 0 Å². The molecule has 0 heterocycles. The Morgan fingerprint density at radius 1 is 1.04 bits per heavy atom. The van der Waals surface area contributed by atoms with Gasteiger partial charge in [0.05, 0.1) is 22.9 Å². The molecule has 0 amide bonds. The lowest BCUT2D eigenvalue weighted by Gasteiger charge is -2.22. The van der Waals surface area contributed by atoms with Crippen molar-refractivity contribution in [1.29, 1.82) is 0 Å². The first-order valence-corrected chi connectivity index (χ1v) is 8.51. The molecule has 3 rings (SSSR count). The Labute approximate surface area is 146 Å². The molecule has 2 aromatic rings. The highest BCUT2D eigenvalue weighted by atomic mass is 16.6. The largest absolute Gasteiger partial charge is 0.490 e. The molecule has 6 heteroatoms. The molecule has 1 N–H and O–H groups in total. The number of rotatable bonds is 6. The number of ether oxygens (including phenoxy) is 1. The first kappa shape index (κ1) is 17.0. The Morgan fingerprint density at radius 2 is 1.72 bits per heavy atom. The summed E-state index contributed by atoms with van der Waals surface area (Å²) in [4.78, 5) is 10.2. The van der Waals surface area contributed by atoms with E-state index in [4.69, 9.17) is 4.74 Å². The van der Waals surface area contributed by atoms with Crippen LogP contribution in [0.25, 0.3) is 0 Å². The summed E-state index contributed by atoms with van der Waals surface area (Å²) in [6.07, 6.45) is 8.15. The molecule has 0 spiro atoms. The van der Waals surface area contributed by atoms with E-state index >= 15 is 0 Å². The van der Waals surface area contributed by atoms with Crippen LogP contribution in [0.5, 0.6) is 5.75 Å². The summed E-state index contributed by atoms with van der Waals surface area (Å²) in [5, 5.41) is 14.8. The van der Waals surface area contributed by atoms with E-state index in [0.717, 1.165) is 24.2 Å². The van der Waals surface area contributed by atoms with Gasteiger partial charge in [-0.2, -0.15) is 5.10 Å². The summed E-state index contributed by atoms with van der Waals surface area (Å²) >= 11 is 0. The summed E-state index contributed by atoms with van der Waals surface area (Å²) in [6.45, 7) is 0. The molecule has 0 unspecified atom stereocenters. The van der Waals surface area contributed by atoms with Gasteiger partial charge in [0.1, 0.15) is 5.75 Å². The summed E-state index contributed by atoms with van der Waals surface area (Å²) in [6, 6.07) is 14.0. The van der Waals surface area contributed by atoms with E-state index in [2.05, 4.69) is 10.5 Å². The predicted octanol–water partition coefficient (Wildman–Crippen LogP) is 4.75. The molecule has 0 radical (unpaired) electrons. The smallest absolute Gasteiger partial charge is 0.269 e. The van der Waals surface area contributed by atoms with Crippen molar-refractivity contribution in [2.24, 2.45) is 5.10 Å². The first-order chi connectivity index (χ1) is 12.2. The summed E-state index contributed by atoms with van der Waals surface area (Å²) in [5.74, 6) is 0.896. The summed E-state index contributed by atoms with van der Waals surface area (Å²) in [7, 11) is 0. The van der Waals surface area contributed by atoms with Crippen molar-refractivity contribution in [2.75, 3.05) is 5.43 Å². The zero-order valence-corrected chi connectivity index (χ0v) is 13.9. The van der Waals surface area contributed by atoms with Gasteiger partial charge in [-0.3, -0.25) is 15.5 Å². The minimum Gasteiger partial charge on any atom is -0.490 e. The third-order valence-electron chi connectivity index (χ3n) is 4.22. The van der Waals surface area contributed by atoms with Gasteiger partial charge in [-0.1, -0.05) is 6.42 Å². The van der Waals surface area contributed by atoms with Gasteiger partial charge in [0.2, 0.25) is 0 Å². The van der Waals surface area contributed by atoms with Crippen molar-refractivity contribution in [3.05, 3.63) is 64.2 Å². The van der Waals surface area contributed by atoms with Gasteiger partial charge in [0.15, 0.2) is 0 Å². The van der Waals surface area contributed by atoms with Crippen molar-refractivity contribution >= 4 is 17.6 Å². The third-order valence-corrected chi connectivity index (χ3v) is 4.22. The molecule has 2 aromatic carbocycles. The van der Waals surface area contributed by atoms with Crippen LogP contribution in [-0.4, -0.2) is 17.2 Å². The number of nitro benzene ring substituents is 1. The molecule has 0 saturated heterocycles. The molecule has 0 aliphatic heterocycles. The van der Waals surface area contributed by atoms with E-state index in [1.165, 1.54) is 31.4 Å². The zero-order chi connectivity index (χ0) is 17.5. The van der Waals surface area contributed by atoms with Crippen LogP contribution in [0.2, 0.25) is 0 Å². The Hall–Kier alpha value is -2.89. The van der Waals surface area contributed by atoms with Crippen LogP contribution in [0.15, 0.2) is 53.6 Å². The van der Waals surface area contributed by atoms with Gasteiger partial charge in [-0.25, -0.2) is 0 Å². The lowest BCUT2D eigenvalue weighted by Crippen LogP contribution is -2.19. The van der Waals surface area contributed by atoms with Gasteiger partial charge in [0, 0.05) is 12.1 Å². The minimum absolute atomic E-state index is 0.0584. The van der Waals surface area contributed by atoms with E-state index in [-0.39, 0.29) is 5.69 Å². The van der Waals surface area contributed by atoms with Crippen LogP contribution in [0.4, 0.5) is 11.4 Å². The standard InChI is InChI=1S/C19H21N3O3/c23-22(24)17-10-8-16(9-11-17)21-20-14-15-6-12-19(13-7-15)25-18-4-2-1-3-5-18/h6-14,18,21H,1-5H2. The van der Waals surface area contributed by atoms with Gasteiger partial charge in [0.25, 0.3) is 5.69 Å². The predicted molar refractivity (Wildman–Crippen MR) is 98.3 cm³/mol. The molecule has 1 fully saturated rings. The number of nitrogens with zero attached hydrogens (tertiary/aromatic N) is 2. The molecular weight excluding hydrogens is 318 g/mol. The SMILES string of the molecule is O=[N+]([O-])c1ccc(NN=Cc2ccc(OC3CCCCC3)cc2)cc1. The van der Waals surface area contributed by atoms with Crippen molar-refractivity contribution in [2.45, 2.75) is 38.2 Å². The second-order valence-electron chi connectivity index (χ2n) is 6.12. The quantitative estimate of drug-likeness (QED) is 0.468. The van der Waals surface area contributed by atoms with Crippen LogP contribution in [-0.2, 0) is 0 Å². The van der Waals surface area contributed by atoms with Crippen molar-refractivity contribution < 1.29 is 9.66 Å². The minimum atomic E-state index is -0.427. The number of nitro groups is 1. The van der Waals surface area contributed by atoms with E-state index in [1.54, 1.807) is 18.3 Å². The average molecular weight is 339 g/mol. The maximum Gasteiger partial charge on any atom is 0.269 e. The number of hydrogen-bond acceptors (Lipinski definition) is 5. The highest BCUT2D eigenvalue weighted by Gasteiger charge is 2.14. The maximum atomic E-state index is 10.6. The molecule has 0 atom stereocenters. The van der Waals surface area contributed by atoms with E-state index < -0.39 is 4.92 Å². The number of non-ortho nitro benzene ring substituents is 1. The van der Waals surface area contributed by atoms with E-state index in [1.807, 2.05) is 24.3 Å². The molecule has 0 aromatic heterocycles. The van der Waals surface area contributed by atoms with Gasteiger partial charge in [-0.15, -0.1) is 0 Å². The fourth-order valence-corrected chi connectivity index (χ4v) is 2.85. The molecule has 1 saturated carbocycles. The Kier molecular flexibility index (Phi) is 5.61. The first-order valence-electron chi connectivity index (χ1n) is 8.51. The number of hydrazone groups is 1. The Balaban J connectivity index is 1.52. The topological polar surface area (TPSA) is 76.8 Å². The number of benzene rings is 2. The zero-order valence-electron chi connectivity index (χ0n) is 13.9. The molecular formula is C19H21N3O3. The van der Waals surface area contributed by atoms with Crippen molar-refractivity contribution in [1.82, 2.24) is 0 Å². The normalized spacial score (nSPS) is 15.2. The van der Waals surface area contributed by atoms with Crippen LogP contribution >= 0.6 is 0 Å². The summed E-state index contributed by atoms with van der Waals surface area (Å²) < 4.78 is 6.00. The Bertz CT molecular complexity index is 721. The summed E-state index contributed by atoms with van der Waals surface area (Å²) in [5.41, 5.74) is 4.56. The highest BCUT2D eigenvalue weighted by molar-refractivity contribution is 5.80. The Morgan fingerprint density at radius 3 is 2.36 bits per heavy atom. The molecule has 6 nitrogen and oxygen atoms in total. The van der Waals surface area contributed by atoms with Crippen LogP contribution in [0.1, 0.15) is 37.7 Å². The van der Waals surface area contributed by atoms with E-state index in [0.29, 0.717) is 11.8 Å². The molecule has 0 bridgehead atoms. The second kappa shape index (κ2) is 8.28.